The molecule has 0 radical (unpaired) electrons. The summed E-state index contributed by atoms with van der Waals surface area (Å²) in [5, 5.41) is 3.33. The Morgan fingerprint density at radius 2 is 2.00 bits per heavy atom. The van der Waals surface area contributed by atoms with Crippen LogP contribution in [0.2, 0.25) is 0 Å². The first-order valence-electron chi connectivity index (χ1n) is 7.60. The lowest BCUT2D eigenvalue weighted by Crippen LogP contribution is -2.38. The second-order valence-electron chi connectivity index (χ2n) is 5.35. The molecule has 122 valence electrons. The summed E-state index contributed by atoms with van der Waals surface area (Å²) >= 11 is 0. The molecule has 1 heterocycles. The van der Waals surface area contributed by atoms with Crippen LogP contribution in [0.4, 0.5) is 0 Å². The van der Waals surface area contributed by atoms with Crippen molar-refractivity contribution < 1.29 is 4.74 Å². The number of guanidine groups is 1. The Labute approximate surface area is 138 Å². The Bertz CT molecular complexity index is 670. The minimum atomic E-state index is 0.599. The Hall–Kier alpha value is -2.56. The van der Waals surface area contributed by atoms with Crippen molar-refractivity contribution in [1.82, 2.24) is 15.2 Å². The van der Waals surface area contributed by atoms with E-state index in [1.165, 1.54) is 11.1 Å². The number of ether oxygens (including phenoxy) is 1. The summed E-state index contributed by atoms with van der Waals surface area (Å²) in [6, 6.07) is 14.1. The molecule has 0 amide bonds. The molecule has 1 aromatic heterocycles. The summed E-state index contributed by atoms with van der Waals surface area (Å²) < 4.78 is 5.15. The summed E-state index contributed by atoms with van der Waals surface area (Å²) in [5.74, 6) is 1.45. The molecule has 0 spiro atoms. The van der Waals surface area contributed by atoms with Gasteiger partial charge in [0.25, 0.3) is 0 Å². The van der Waals surface area contributed by atoms with Crippen LogP contribution in [0.3, 0.4) is 0 Å². The van der Waals surface area contributed by atoms with Gasteiger partial charge in [-0.05, 0) is 24.1 Å². The second-order valence-corrected chi connectivity index (χ2v) is 5.35. The van der Waals surface area contributed by atoms with Crippen LogP contribution in [-0.2, 0) is 13.1 Å². The standard InChI is InChI=1S/C18H24N4O/c1-14-8-5-6-9-15(14)13-22(3)18(19-2)20-12-16-10-7-11-17(21-16)23-4/h5-11H,12-13H2,1-4H3,(H,19,20). The molecule has 0 unspecified atom stereocenters. The first kappa shape index (κ1) is 16.8. The molecule has 0 aliphatic rings. The van der Waals surface area contributed by atoms with Gasteiger partial charge in [-0.2, -0.15) is 0 Å². The summed E-state index contributed by atoms with van der Waals surface area (Å²) in [7, 11) is 5.44. The Balaban J connectivity index is 1.98. The monoisotopic (exact) mass is 312 g/mol. The third-order valence-corrected chi connectivity index (χ3v) is 3.66. The van der Waals surface area contributed by atoms with Gasteiger partial charge in [0.1, 0.15) is 0 Å². The van der Waals surface area contributed by atoms with Crippen molar-refractivity contribution in [2.75, 3.05) is 21.2 Å². The summed E-state index contributed by atoms with van der Waals surface area (Å²) in [5.41, 5.74) is 3.48. The van der Waals surface area contributed by atoms with E-state index in [2.05, 4.69) is 51.4 Å². The Morgan fingerprint density at radius 3 is 2.70 bits per heavy atom. The summed E-state index contributed by atoms with van der Waals surface area (Å²) in [6.07, 6.45) is 0. The number of hydrogen-bond donors (Lipinski definition) is 1. The number of aromatic nitrogens is 1. The number of benzene rings is 1. The largest absolute Gasteiger partial charge is 0.481 e. The van der Waals surface area contributed by atoms with E-state index in [4.69, 9.17) is 4.74 Å². The van der Waals surface area contributed by atoms with Crippen LogP contribution in [0.15, 0.2) is 47.5 Å². The van der Waals surface area contributed by atoms with Gasteiger partial charge in [0.05, 0.1) is 19.3 Å². The molecule has 0 saturated carbocycles. The van der Waals surface area contributed by atoms with Crippen molar-refractivity contribution in [3.8, 4) is 5.88 Å². The maximum absolute atomic E-state index is 5.15. The van der Waals surface area contributed by atoms with Crippen molar-refractivity contribution in [1.29, 1.82) is 0 Å². The molecule has 0 aliphatic carbocycles. The molecular formula is C18H24N4O. The first-order chi connectivity index (χ1) is 11.1. The number of methoxy groups -OCH3 is 1. The molecule has 0 atom stereocenters. The number of pyridine rings is 1. The van der Waals surface area contributed by atoms with Crippen LogP contribution in [0.25, 0.3) is 0 Å². The van der Waals surface area contributed by atoms with Gasteiger partial charge in [-0.1, -0.05) is 30.3 Å². The van der Waals surface area contributed by atoms with E-state index in [1.807, 2.05) is 25.2 Å². The highest BCUT2D eigenvalue weighted by atomic mass is 16.5. The predicted molar refractivity (Wildman–Crippen MR) is 93.6 cm³/mol. The van der Waals surface area contributed by atoms with Gasteiger partial charge in [-0.3, -0.25) is 4.99 Å². The summed E-state index contributed by atoms with van der Waals surface area (Å²) in [4.78, 5) is 10.8. The number of nitrogens with zero attached hydrogens (tertiary/aromatic N) is 3. The van der Waals surface area contributed by atoms with Crippen LogP contribution in [0, 0.1) is 6.92 Å². The smallest absolute Gasteiger partial charge is 0.213 e. The molecule has 5 nitrogen and oxygen atoms in total. The lowest BCUT2D eigenvalue weighted by molar-refractivity contribution is 0.396. The van der Waals surface area contributed by atoms with Gasteiger partial charge in [-0.25, -0.2) is 4.98 Å². The quantitative estimate of drug-likeness (QED) is 0.681. The van der Waals surface area contributed by atoms with Gasteiger partial charge >= 0.3 is 0 Å². The molecule has 2 aromatic rings. The Kier molecular flexibility index (Phi) is 5.97. The minimum absolute atomic E-state index is 0.599. The van der Waals surface area contributed by atoms with Crippen molar-refractivity contribution >= 4 is 5.96 Å². The van der Waals surface area contributed by atoms with E-state index in [1.54, 1.807) is 14.2 Å². The predicted octanol–water partition coefficient (Wildman–Crippen LogP) is 2.61. The zero-order valence-corrected chi connectivity index (χ0v) is 14.2. The van der Waals surface area contributed by atoms with Gasteiger partial charge in [0, 0.05) is 26.7 Å². The zero-order chi connectivity index (χ0) is 16.7. The van der Waals surface area contributed by atoms with Gasteiger partial charge in [0.15, 0.2) is 5.96 Å². The molecule has 0 aliphatic heterocycles. The van der Waals surface area contributed by atoms with E-state index >= 15 is 0 Å². The number of aliphatic imine (C=N–C) groups is 1. The van der Waals surface area contributed by atoms with Crippen LogP contribution < -0.4 is 10.1 Å². The fourth-order valence-electron chi connectivity index (χ4n) is 2.34. The Morgan fingerprint density at radius 1 is 1.22 bits per heavy atom. The second kappa shape index (κ2) is 8.17. The fraction of sp³-hybridized carbons (Fsp3) is 0.333. The first-order valence-corrected chi connectivity index (χ1v) is 7.60. The molecule has 0 bridgehead atoms. The zero-order valence-electron chi connectivity index (χ0n) is 14.2. The molecule has 0 fully saturated rings. The third kappa shape index (κ3) is 4.71. The van der Waals surface area contributed by atoms with Gasteiger partial charge in [0.2, 0.25) is 5.88 Å². The molecule has 1 aromatic carbocycles. The molecule has 23 heavy (non-hydrogen) atoms. The van der Waals surface area contributed by atoms with Crippen LogP contribution in [0.5, 0.6) is 5.88 Å². The van der Waals surface area contributed by atoms with Crippen molar-refractivity contribution in [2.24, 2.45) is 4.99 Å². The van der Waals surface area contributed by atoms with Crippen molar-refractivity contribution in [3.63, 3.8) is 0 Å². The fourth-order valence-corrected chi connectivity index (χ4v) is 2.34. The maximum atomic E-state index is 5.15. The van der Waals surface area contributed by atoms with E-state index in [-0.39, 0.29) is 0 Å². The molecular weight excluding hydrogens is 288 g/mol. The number of aryl methyl sites for hydroxylation is 1. The number of hydrogen-bond acceptors (Lipinski definition) is 3. The van der Waals surface area contributed by atoms with E-state index in [0.717, 1.165) is 18.2 Å². The van der Waals surface area contributed by atoms with Crippen molar-refractivity contribution in [3.05, 3.63) is 59.3 Å². The number of nitrogens with one attached hydrogen (secondary N) is 1. The number of rotatable bonds is 5. The van der Waals surface area contributed by atoms with E-state index in [0.29, 0.717) is 12.4 Å². The molecule has 5 heteroatoms. The van der Waals surface area contributed by atoms with Gasteiger partial charge in [-0.15, -0.1) is 0 Å². The highest BCUT2D eigenvalue weighted by Crippen LogP contribution is 2.10. The van der Waals surface area contributed by atoms with Crippen molar-refractivity contribution in [2.45, 2.75) is 20.0 Å². The van der Waals surface area contributed by atoms with Crippen LogP contribution in [0.1, 0.15) is 16.8 Å². The highest BCUT2D eigenvalue weighted by molar-refractivity contribution is 5.79. The van der Waals surface area contributed by atoms with Gasteiger partial charge < -0.3 is 15.0 Å². The highest BCUT2D eigenvalue weighted by Gasteiger charge is 2.08. The lowest BCUT2D eigenvalue weighted by Gasteiger charge is -2.23. The lowest BCUT2D eigenvalue weighted by atomic mass is 10.1. The normalized spacial score (nSPS) is 11.2. The molecule has 1 N–H and O–H groups in total. The molecule has 2 rings (SSSR count). The summed E-state index contributed by atoms with van der Waals surface area (Å²) in [6.45, 7) is 3.53. The third-order valence-electron chi connectivity index (χ3n) is 3.66. The minimum Gasteiger partial charge on any atom is -0.481 e. The SMILES string of the molecule is CN=C(NCc1cccc(OC)n1)N(C)Cc1ccccc1C. The topological polar surface area (TPSA) is 49.8 Å². The average molecular weight is 312 g/mol. The van der Waals surface area contributed by atoms with Crippen LogP contribution >= 0.6 is 0 Å². The molecule has 0 saturated heterocycles. The van der Waals surface area contributed by atoms with E-state index in [9.17, 15) is 0 Å². The van der Waals surface area contributed by atoms with E-state index < -0.39 is 0 Å². The van der Waals surface area contributed by atoms with Crippen LogP contribution in [-0.4, -0.2) is 37.0 Å². The average Bonchev–Trinajstić information content (AvgIpc) is 2.57. The maximum Gasteiger partial charge on any atom is 0.213 e.